The molecule has 0 bridgehead atoms. The fourth-order valence-electron chi connectivity index (χ4n) is 8.25. The first kappa shape index (κ1) is 34.4. The van der Waals surface area contributed by atoms with Crippen LogP contribution >= 0.6 is 11.3 Å². The summed E-state index contributed by atoms with van der Waals surface area (Å²) in [5, 5.41) is 15.6. The number of fused-ring (bicyclic) bond motifs is 9. The lowest BCUT2D eigenvalue weighted by molar-refractivity contribution is 0.590. The van der Waals surface area contributed by atoms with Gasteiger partial charge in [-0.15, -0.1) is 21.5 Å². The van der Waals surface area contributed by atoms with Crippen molar-refractivity contribution in [2.45, 2.75) is 52.4 Å². The van der Waals surface area contributed by atoms with Crippen molar-refractivity contribution in [3.8, 4) is 44.8 Å². The van der Waals surface area contributed by atoms with Crippen molar-refractivity contribution >= 4 is 58.8 Å². The predicted molar refractivity (Wildman–Crippen MR) is 240 cm³/mol. The molecule has 56 heavy (non-hydrogen) atoms. The average molecular weight is 742 g/mol. The zero-order valence-corrected chi connectivity index (χ0v) is 33.5. The molecule has 10 rings (SSSR count). The summed E-state index contributed by atoms with van der Waals surface area (Å²) in [6, 6.07) is 56.0. The molecule has 0 fully saturated rings. The minimum atomic E-state index is 0.0928. The van der Waals surface area contributed by atoms with Gasteiger partial charge in [-0.05, 0) is 85.5 Å². The zero-order chi connectivity index (χ0) is 38.3. The molecule has 272 valence electrons. The molecule has 10 aromatic rings. The molecule has 0 atom stereocenters. The van der Waals surface area contributed by atoms with Crippen LogP contribution in [0.15, 0.2) is 152 Å². The standard InChI is InChI=1S/C52H43N3S/c1-51(2,3)38-24-19-32(20-25-38)36-23-28-47-44(29-36)45-31-37(33-21-26-39(27-22-33)52(4,5)6)30-43(48(45)56-47)34-15-17-35(18-16-34)49-53-54-50-42-13-8-7-11-40(42)41-12-9-10-14-46(41)55(49)50/h7-31H,1-6H3. The van der Waals surface area contributed by atoms with Crippen molar-refractivity contribution < 1.29 is 0 Å². The molecule has 0 radical (unpaired) electrons. The molecule has 0 saturated heterocycles. The van der Waals surface area contributed by atoms with Gasteiger partial charge in [0.15, 0.2) is 11.5 Å². The Morgan fingerprint density at radius 3 is 1.62 bits per heavy atom. The van der Waals surface area contributed by atoms with Crippen LogP contribution < -0.4 is 0 Å². The summed E-state index contributed by atoms with van der Waals surface area (Å²) < 4.78 is 4.81. The summed E-state index contributed by atoms with van der Waals surface area (Å²) in [6.07, 6.45) is 0. The number of aromatic nitrogens is 3. The van der Waals surface area contributed by atoms with Gasteiger partial charge >= 0.3 is 0 Å². The molecule has 0 spiro atoms. The maximum Gasteiger partial charge on any atom is 0.169 e. The highest BCUT2D eigenvalue weighted by Crippen LogP contribution is 2.45. The van der Waals surface area contributed by atoms with Crippen LogP contribution in [0.1, 0.15) is 52.7 Å². The summed E-state index contributed by atoms with van der Waals surface area (Å²) in [5.74, 6) is 0.844. The van der Waals surface area contributed by atoms with Gasteiger partial charge in [-0.25, -0.2) is 0 Å². The van der Waals surface area contributed by atoms with E-state index in [0.717, 1.165) is 27.9 Å². The van der Waals surface area contributed by atoms with Crippen molar-refractivity contribution in [2.75, 3.05) is 0 Å². The summed E-state index contributed by atoms with van der Waals surface area (Å²) in [5.41, 5.74) is 13.3. The van der Waals surface area contributed by atoms with E-state index in [1.165, 1.54) is 75.5 Å². The number of hydrogen-bond donors (Lipinski definition) is 0. The Kier molecular flexibility index (Phi) is 7.82. The van der Waals surface area contributed by atoms with E-state index in [2.05, 4.69) is 198 Å². The predicted octanol–water partition coefficient (Wildman–Crippen LogP) is 14.7. The number of benzene rings is 7. The summed E-state index contributed by atoms with van der Waals surface area (Å²) >= 11 is 1.88. The van der Waals surface area contributed by atoms with Gasteiger partial charge in [0.1, 0.15) is 0 Å². The normalized spacial score (nSPS) is 12.5. The highest BCUT2D eigenvalue weighted by molar-refractivity contribution is 7.26. The van der Waals surface area contributed by atoms with Gasteiger partial charge < -0.3 is 0 Å². The van der Waals surface area contributed by atoms with Gasteiger partial charge in [0.05, 0.1) is 5.52 Å². The molecule has 4 heteroatoms. The fourth-order valence-corrected chi connectivity index (χ4v) is 9.45. The number of hydrogen-bond acceptors (Lipinski definition) is 3. The van der Waals surface area contributed by atoms with Crippen molar-refractivity contribution in [1.82, 2.24) is 14.6 Å². The van der Waals surface area contributed by atoms with Crippen molar-refractivity contribution in [1.29, 1.82) is 0 Å². The topological polar surface area (TPSA) is 30.2 Å². The Balaban J connectivity index is 1.13. The minimum absolute atomic E-state index is 0.0928. The maximum absolute atomic E-state index is 4.79. The molecule has 0 aliphatic rings. The van der Waals surface area contributed by atoms with Gasteiger partial charge in [0, 0.05) is 42.1 Å². The van der Waals surface area contributed by atoms with E-state index in [1.54, 1.807) is 0 Å². The van der Waals surface area contributed by atoms with E-state index >= 15 is 0 Å². The van der Waals surface area contributed by atoms with Crippen molar-refractivity contribution in [2.24, 2.45) is 0 Å². The molecule has 0 saturated carbocycles. The summed E-state index contributed by atoms with van der Waals surface area (Å²) in [6.45, 7) is 13.6. The van der Waals surface area contributed by atoms with E-state index in [9.17, 15) is 0 Å². The van der Waals surface area contributed by atoms with E-state index in [4.69, 9.17) is 10.2 Å². The van der Waals surface area contributed by atoms with Gasteiger partial charge in [-0.2, -0.15) is 0 Å². The van der Waals surface area contributed by atoms with Gasteiger partial charge in [-0.3, -0.25) is 4.40 Å². The number of para-hydroxylation sites is 1. The largest absolute Gasteiger partial charge is 0.274 e. The quantitative estimate of drug-likeness (QED) is 0.168. The summed E-state index contributed by atoms with van der Waals surface area (Å²) in [4.78, 5) is 0. The lowest BCUT2D eigenvalue weighted by atomic mass is 9.86. The molecule has 7 aromatic carbocycles. The van der Waals surface area contributed by atoms with Crippen LogP contribution in [0.3, 0.4) is 0 Å². The van der Waals surface area contributed by atoms with Crippen molar-refractivity contribution in [3.05, 3.63) is 163 Å². The highest BCUT2D eigenvalue weighted by Gasteiger charge is 2.19. The van der Waals surface area contributed by atoms with Crippen LogP contribution in [-0.4, -0.2) is 14.6 Å². The van der Waals surface area contributed by atoms with Crippen LogP contribution in [0, 0.1) is 0 Å². The van der Waals surface area contributed by atoms with E-state index < -0.39 is 0 Å². The lowest BCUT2D eigenvalue weighted by Gasteiger charge is -2.19. The SMILES string of the molecule is CC(C)(C)c1ccc(-c2ccc3sc4c(-c5ccc(-c6nnc7c8ccccc8c8ccccc8n67)cc5)cc(-c5ccc(C(C)(C)C)cc5)cc4c3c2)cc1. The second-order valence-electron chi connectivity index (χ2n) is 17.2. The lowest BCUT2D eigenvalue weighted by Crippen LogP contribution is -2.10. The van der Waals surface area contributed by atoms with Crippen LogP contribution in [0.2, 0.25) is 0 Å². The fraction of sp³-hybridized carbons (Fsp3) is 0.154. The van der Waals surface area contributed by atoms with Crippen LogP contribution in [0.25, 0.3) is 92.3 Å². The molecular formula is C52H43N3S. The first-order valence-electron chi connectivity index (χ1n) is 19.5. The minimum Gasteiger partial charge on any atom is -0.274 e. The first-order chi connectivity index (χ1) is 27.0. The van der Waals surface area contributed by atoms with Crippen LogP contribution in [-0.2, 0) is 10.8 Å². The highest BCUT2D eigenvalue weighted by atomic mass is 32.1. The Hall–Kier alpha value is -6.10. The van der Waals surface area contributed by atoms with Crippen molar-refractivity contribution in [3.63, 3.8) is 0 Å². The third kappa shape index (κ3) is 5.70. The number of nitrogens with zero attached hydrogens (tertiary/aromatic N) is 3. The average Bonchev–Trinajstić information content (AvgIpc) is 3.83. The van der Waals surface area contributed by atoms with Gasteiger partial charge in [0.25, 0.3) is 0 Å². The Bertz CT molecular complexity index is 3110. The second kappa shape index (κ2) is 12.7. The van der Waals surface area contributed by atoms with E-state index in [0.29, 0.717) is 0 Å². The van der Waals surface area contributed by atoms with Gasteiger partial charge in [0.2, 0.25) is 0 Å². The monoisotopic (exact) mass is 741 g/mol. The molecule has 0 amide bonds. The van der Waals surface area contributed by atoms with Crippen LogP contribution in [0.4, 0.5) is 0 Å². The molecule has 3 nitrogen and oxygen atoms in total. The molecule has 0 aliphatic heterocycles. The molecular weight excluding hydrogens is 699 g/mol. The Morgan fingerprint density at radius 1 is 0.429 bits per heavy atom. The molecule has 0 unspecified atom stereocenters. The molecule has 3 aromatic heterocycles. The molecule has 0 aliphatic carbocycles. The van der Waals surface area contributed by atoms with E-state index in [-0.39, 0.29) is 10.8 Å². The van der Waals surface area contributed by atoms with Gasteiger partial charge in [-0.1, -0.05) is 163 Å². The molecule has 3 heterocycles. The maximum atomic E-state index is 4.79. The number of rotatable bonds is 4. The summed E-state index contributed by atoms with van der Waals surface area (Å²) in [7, 11) is 0. The zero-order valence-electron chi connectivity index (χ0n) is 32.7. The van der Waals surface area contributed by atoms with E-state index in [1.807, 2.05) is 11.3 Å². The smallest absolute Gasteiger partial charge is 0.169 e. The third-order valence-electron chi connectivity index (χ3n) is 11.5. The second-order valence-corrected chi connectivity index (χ2v) is 18.2. The number of thiophene rings is 1. The Labute approximate surface area is 331 Å². The first-order valence-corrected chi connectivity index (χ1v) is 20.3. The molecule has 0 N–H and O–H groups in total. The number of pyridine rings is 1. The van der Waals surface area contributed by atoms with Crippen LogP contribution in [0.5, 0.6) is 0 Å². The Morgan fingerprint density at radius 2 is 0.964 bits per heavy atom. The third-order valence-corrected chi connectivity index (χ3v) is 12.7.